The fourth-order valence-corrected chi connectivity index (χ4v) is 1.41. The van der Waals surface area contributed by atoms with E-state index in [1.807, 2.05) is 0 Å². The van der Waals surface area contributed by atoms with Gasteiger partial charge < -0.3 is 5.11 Å². The summed E-state index contributed by atoms with van der Waals surface area (Å²) in [4.78, 5) is 10.5. The fraction of sp³-hybridized carbons (Fsp3) is 0.0909. The minimum Gasteiger partial charge on any atom is -0.481 e. The molecule has 17 heavy (non-hydrogen) atoms. The minimum atomic E-state index is -1.02. The zero-order valence-corrected chi connectivity index (χ0v) is 8.60. The van der Waals surface area contributed by atoms with Crippen molar-refractivity contribution >= 4 is 5.97 Å². The van der Waals surface area contributed by atoms with Crippen molar-refractivity contribution in [3.05, 3.63) is 47.8 Å². The van der Waals surface area contributed by atoms with E-state index in [-0.39, 0.29) is 12.1 Å². The Balaban J connectivity index is 2.33. The van der Waals surface area contributed by atoms with Crippen molar-refractivity contribution in [3.63, 3.8) is 0 Å². The van der Waals surface area contributed by atoms with Gasteiger partial charge in [-0.2, -0.15) is 5.10 Å². The van der Waals surface area contributed by atoms with E-state index in [1.54, 1.807) is 0 Å². The van der Waals surface area contributed by atoms with Crippen LogP contribution in [0.15, 0.2) is 30.5 Å². The van der Waals surface area contributed by atoms with Gasteiger partial charge in [0, 0.05) is 12.3 Å². The third-order valence-electron chi connectivity index (χ3n) is 2.13. The van der Waals surface area contributed by atoms with Crippen molar-refractivity contribution in [1.82, 2.24) is 9.78 Å². The quantitative estimate of drug-likeness (QED) is 0.886. The average molecular weight is 238 g/mol. The molecule has 0 aliphatic carbocycles. The smallest absolute Gasteiger partial charge is 0.309 e. The second-order valence-electron chi connectivity index (χ2n) is 3.42. The van der Waals surface area contributed by atoms with E-state index in [1.165, 1.54) is 23.0 Å². The largest absolute Gasteiger partial charge is 0.481 e. The molecule has 0 fully saturated rings. The number of hydrogen-bond acceptors (Lipinski definition) is 2. The molecule has 1 heterocycles. The van der Waals surface area contributed by atoms with Crippen LogP contribution >= 0.6 is 0 Å². The molecule has 88 valence electrons. The topological polar surface area (TPSA) is 55.1 Å². The molecule has 1 aromatic carbocycles. The maximum Gasteiger partial charge on any atom is 0.309 e. The van der Waals surface area contributed by atoms with E-state index in [4.69, 9.17) is 5.11 Å². The molecule has 4 nitrogen and oxygen atoms in total. The molecule has 2 rings (SSSR count). The van der Waals surface area contributed by atoms with Crippen molar-refractivity contribution < 1.29 is 18.7 Å². The number of rotatable bonds is 3. The van der Waals surface area contributed by atoms with Crippen molar-refractivity contribution in [1.29, 1.82) is 0 Å². The van der Waals surface area contributed by atoms with Crippen LogP contribution in [0.4, 0.5) is 8.78 Å². The number of halogens is 2. The zero-order chi connectivity index (χ0) is 12.4. The summed E-state index contributed by atoms with van der Waals surface area (Å²) in [6, 6.07) is 4.56. The van der Waals surface area contributed by atoms with Gasteiger partial charge in [-0.05, 0) is 18.2 Å². The number of carbonyl (C=O) groups is 1. The Hall–Kier alpha value is -2.24. The highest BCUT2D eigenvalue weighted by atomic mass is 19.1. The van der Waals surface area contributed by atoms with Crippen LogP contribution in [-0.4, -0.2) is 20.9 Å². The van der Waals surface area contributed by atoms with Crippen LogP contribution in [0.1, 0.15) is 5.69 Å². The standard InChI is InChI=1S/C11H8F2N2O2/c12-7-1-2-10(9(13)5-7)15-4-3-8(14-15)6-11(16)17/h1-5H,6H2,(H,16,17). The Morgan fingerprint density at radius 3 is 2.76 bits per heavy atom. The molecule has 2 aromatic rings. The van der Waals surface area contributed by atoms with Gasteiger partial charge in [-0.3, -0.25) is 4.79 Å². The van der Waals surface area contributed by atoms with Crippen LogP contribution < -0.4 is 0 Å². The summed E-state index contributed by atoms with van der Waals surface area (Å²) in [5, 5.41) is 12.4. The van der Waals surface area contributed by atoms with Crippen LogP contribution in [0.3, 0.4) is 0 Å². The van der Waals surface area contributed by atoms with E-state index >= 15 is 0 Å². The monoisotopic (exact) mass is 238 g/mol. The number of aliphatic carboxylic acids is 1. The van der Waals surface area contributed by atoms with Gasteiger partial charge in [0.05, 0.1) is 12.1 Å². The summed E-state index contributed by atoms with van der Waals surface area (Å²) >= 11 is 0. The van der Waals surface area contributed by atoms with Crippen LogP contribution in [0.2, 0.25) is 0 Å². The van der Waals surface area contributed by atoms with E-state index in [2.05, 4.69) is 5.10 Å². The lowest BCUT2D eigenvalue weighted by atomic mass is 10.3. The van der Waals surface area contributed by atoms with E-state index in [0.29, 0.717) is 5.69 Å². The van der Waals surface area contributed by atoms with Gasteiger partial charge in [0.25, 0.3) is 0 Å². The number of nitrogens with zero attached hydrogens (tertiary/aromatic N) is 2. The normalized spacial score (nSPS) is 10.5. The highest BCUT2D eigenvalue weighted by molar-refractivity contribution is 5.69. The zero-order valence-electron chi connectivity index (χ0n) is 8.60. The lowest BCUT2D eigenvalue weighted by molar-refractivity contribution is -0.136. The number of aromatic nitrogens is 2. The maximum atomic E-state index is 13.4. The molecule has 0 unspecified atom stereocenters. The predicted octanol–water partition coefficient (Wildman–Crippen LogP) is 1.78. The molecule has 0 aliphatic rings. The molecule has 6 heteroatoms. The van der Waals surface area contributed by atoms with Gasteiger partial charge in [-0.15, -0.1) is 0 Å². The molecular formula is C11H8F2N2O2. The van der Waals surface area contributed by atoms with Crippen molar-refractivity contribution in [2.75, 3.05) is 0 Å². The second-order valence-corrected chi connectivity index (χ2v) is 3.42. The molecule has 1 N–H and O–H groups in total. The molecule has 0 amide bonds. The predicted molar refractivity (Wildman–Crippen MR) is 54.8 cm³/mol. The van der Waals surface area contributed by atoms with Crippen LogP contribution in [0.5, 0.6) is 0 Å². The lowest BCUT2D eigenvalue weighted by Crippen LogP contribution is -2.03. The first-order valence-corrected chi connectivity index (χ1v) is 4.78. The molecule has 0 saturated carbocycles. The van der Waals surface area contributed by atoms with Gasteiger partial charge in [-0.25, -0.2) is 13.5 Å². The Morgan fingerprint density at radius 1 is 1.35 bits per heavy atom. The van der Waals surface area contributed by atoms with Gasteiger partial charge in [0.15, 0.2) is 5.82 Å². The first-order chi connectivity index (χ1) is 8.06. The average Bonchev–Trinajstić information content (AvgIpc) is 2.65. The van der Waals surface area contributed by atoms with E-state index in [0.717, 1.165) is 12.1 Å². The summed E-state index contributed by atoms with van der Waals surface area (Å²) in [6.07, 6.45) is 1.18. The molecule has 0 saturated heterocycles. The number of hydrogen-bond donors (Lipinski definition) is 1. The molecular weight excluding hydrogens is 230 g/mol. The summed E-state index contributed by atoms with van der Waals surface area (Å²) in [5.41, 5.74) is 0.379. The molecule has 0 bridgehead atoms. The Bertz CT molecular complexity index is 566. The molecule has 0 radical (unpaired) electrons. The second kappa shape index (κ2) is 4.32. The van der Waals surface area contributed by atoms with Crippen molar-refractivity contribution in [2.24, 2.45) is 0 Å². The Labute approximate surface area is 95.1 Å². The summed E-state index contributed by atoms with van der Waals surface area (Å²) in [6.45, 7) is 0. The van der Waals surface area contributed by atoms with Crippen LogP contribution in [0, 0.1) is 11.6 Å². The van der Waals surface area contributed by atoms with Gasteiger partial charge in [0.2, 0.25) is 0 Å². The SMILES string of the molecule is O=C(O)Cc1ccn(-c2ccc(F)cc2F)n1. The van der Waals surface area contributed by atoms with Gasteiger partial charge in [0.1, 0.15) is 11.5 Å². The van der Waals surface area contributed by atoms with Crippen LogP contribution in [0.25, 0.3) is 5.69 Å². The summed E-state index contributed by atoms with van der Waals surface area (Å²) < 4.78 is 27.3. The first-order valence-electron chi connectivity index (χ1n) is 4.78. The third-order valence-corrected chi connectivity index (χ3v) is 2.13. The summed E-state index contributed by atoms with van der Waals surface area (Å²) in [7, 11) is 0. The molecule has 0 aliphatic heterocycles. The molecule has 0 atom stereocenters. The first kappa shape index (κ1) is 11.3. The van der Waals surface area contributed by atoms with Crippen molar-refractivity contribution in [3.8, 4) is 5.69 Å². The Kier molecular flexibility index (Phi) is 2.86. The van der Waals surface area contributed by atoms with Crippen LogP contribution in [-0.2, 0) is 11.2 Å². The highest BCUT2D eigenvalue weighted by Gasteiger charge is 2.09. The number of carboxylic acid groups (broad SMARTS) is 1. The van der Waals surface area contributed by atoms with Crippen molar-refractivity contribution in [2.45, 2.75) is 6.42 Å². The van der Waals surface area contributed by atoms with E-state index < -0.39 is 17.6 Å². The van der Waals surface area contributed by atoms with Gasteiger partial charge in [-0.1, -0.05) is 0 Å². The third kappa shape index (κ3) is 2.47. The Morgan fingerprint density at radius 2 is 2.12 bits per heavy atom. The number of benzene rings is 1. The molecule has 0 spiro atoms. The fourth-order valence-electron chi connectivity index (χ4n) is 1.41. The number of carboxylic acids is 1. The lowest BCUT2D eigenvalue weighted by Gasteiger charge is -2.02. The van der Waals surface area contributed by atoms with Gasteiger partial charge >= 0.3 is 5.97 Å². The summed E-state index contributed by atoms with van der Waals surface area (Å²) in [5.74, 6) is -2.45. The highest BCUT2D eigenvalue weighted by Crippen LogP contribution is 2.14. The van der Waals surface area contributed by atoms with E-state index in [9.17, 15) is 13.6 Å². The molecule has 1 aromatic heterocycles. The maximum absolute atomic E-state index is 13.4. The minimum absolute atomic E-state index is 0.0723.